The van der Waals surface area contributed by atoms with Gasteiger partial charge in [0.2, 0.25) is 0 Å². The van der Waals surface area contributed by atoms with E-state index in [1.807, 2.05) is 29.7 Å². The highest BCUT2D eigenvalue weighted by molar-refractivity contribution is 9.10. The molecule has 0 aliphatic carbocycles. The van der Waals surface area contributed by atoms with Crippen LogP contribution in [-0.4, -0.2) is 13.0 Å². The van der Waals surface area contributed by atoms with E-state index < -0.39 is 5.91 Å². The van der Waals surface area contributed by atoms with Gasteiger partial charge in [0.15, 0.2) is 11.5 Å². The molecule has 0 saturated carbocycles. The van der Waals surface area contributed by atoms with Crippen LogP contribution in [0, 0.1) is 0 Å². The van der Waals surface area contributed by atoms with Crippen LogP contribution in [0.5, 0.6) is 11.5 Å². The maximum Gasteiger partial charge on any atom is 0.265 e. The molecule has 5 nitrogen and oxygen atoms in total. The van der Waals surface area contributed by atoms with Gasteiger partial charge in [0.25, 0.3) is 5.91 Å². The zero-order valence-electron chi connectivity index (χ0n) is 11.7. The Labute approximate surface area is 141 Å². The molecule has 2 aromatic rings. The quantitative estimate of drug-likeness (QED) is 0.470. The molecule has 7 heteroatoms. The molecule has 0 aliphatic rings. The van der Waals surface area contributed by atoms with Crippen LogP contribution in [-0.2, 0) is 6.61 Å². The Bertz CT molecular complexity index is 694. The van der Waals surface area contributed by atoms with Crippen molar-refractivity contribution in [3.05, 3.63) is 57.0 Å². The maximum absolute atomic E-state index is 11.6. The molecule has 0 aliphatic heterocycles. The molecular formula is C15H14BrClN2O3. The van der Waals surface area contributed by atoms with Crippen LogP contribution in [0.3, 0.4) is 0 Å². The molecule has 0 aromatic heterocycles. The third-order valence-electron chi connectivity index (χ3n) is 2.89. The van der Waals surface area contributed by atoms with Crippen LogP contribution in [0.2, 0.25) is 5.02 Å². The van der Waals surface area contributed by atoms with Crippen molar-refractivity contribution in [1.82, 2.24) is 5.43 Å². The molecule has 2 rings (SSSR count). The lowest BCUT2D eigenvalue weighted by Crippen LogP contribution is -2.30. The van der Waals surface area contributed by atoms with E-state index in [1.54, 1.807) is 0 Å². The average molecular weight is 386 g/mol. The van der Waals surface area contributed by atoms with Crippen molar-refractivity contribution in [3.8, 4) is 11.5 Å². The highest BCUT2D eigenvalue weighted by Gasteiger charge is 2.15. The van der Waals surface area contributed by atoms with E-state index in [-0.39, 0.29) is 5.02 Å². The number of nitrogens with two attached hydrogens (primary N) is 1. The topological polar surface area (TPSA) is 73.6 Å². The number of amides is 1. The molecule has 0 heterocycles. The summed E-state index contributed by atoms with van der Waals surface area (Å²) in [6, 6.07) is 10.7. The van der Waals surface area contributed by atoms with Gasteiger partial charge in [-0.1, -0.05) is 39.7 Å². The molecule has 0 bridgehead atoms. The lowest BCUT2D eigenvalue weighted by molar-refractivity contribution is 0.0953. The van der Waals surface area contributed by atoms with Gasteiger partial charge >= 0.3 is 0 Å². The van der Waals surface area contributed by atoms with E-state index in [1.165, 1.54) is 19.2 Å². The molecule has 3 N–H and O–H groups in total. The largest absolute Gasteiger partial charge is 0.493 e. The monoisotopic (exact) mass is 384 g/mol. The van der Waals surface area contributed by atoms with Crippen molar-refractivity contribution in [2.45, 2.75) is 6.61 Å². The Morgan fingerprint density at radius 1 is 1.36 bits per heavy atom. The van der Waals surface area contributed by atoms with E-state index in [0.717, 1.165) is 10.0 Å². The predicted molar refractivity (Wildman–Crippen MR) is 88.1 cm³/mol. The van der Waals surface area contributed by atoms with E-state index in [0.29, 0.717) is 23.7 Å². The minimum absolute atomic E-state index is 0.271. The Balaban J connectivity index is 2.25. The number of nitrogens with one attached hydrogen (secondary N) is 1. The first-order chi connectivity index (χ1) is 10.5. The molecule has 0 saturated heterocycles. The number of halogens is 2. The minimum atomic E-state index is -0.460. The van der Waals surface area contributed by atoms with Gasteiger partial charge in [0.05, 0.1) is 12.1 Å². The molecule has 2 aromatic carbocycles. The molecule has 0 atom stereocenters. The van der Waals surface area contributed by atoms with Crippen LogP contribution >= 0.6 is 27.5 Å². The Morgan fingerprint density at radius 3 is 2.77 bits per heavy atom. The van der Waals surface area contributed by atoms with Crippen LogP contribution in [0.25, 0.3) is 0 Å². The van der Waals surface area contributed by atoms with Gasteiger partial charge in [-0.2, -0.15) is 0 Å². The first-order valence-electron chi connectivity index (χ1n) is 6.31. The number of nitrogen functional groups attached to an aromatic ring is 1. The molecule has 22 heavy (non-hydrogen) atoms. The van der Waals surface area contributed by atoms with E-state index >= 15 is 0 Å². The SMILES string of the molecule is COc1cc(C(=O)NN)cc(Cl)c1OCc1cccc(Br)c1. The molecule has 0 radical (unpaired) electrons. The molecular weight excluding hydrogens is 372 g/mol. The summed E-state index contributed by atoms with van der Waals surface area (Å²) in [5.41, 5.74) is 3.30. The second-order valence-electron chi connectivity index (χ2n) is 4.38. The first kappa shape index (κ1) is 16.6. The van der Waals surface area contributed by atoms with Crippen molar-refractivity contribution >= 4 is 33.4 Å². The first-order valence-corrected chi connectivity index (χ1v) is 7.48. The summed E-state index contributed by atoms with van der Waals surface area (Å²) >= 11 is 9.58. The standard InChI is InChI=1S/C15H14BrClN2O3/c1-21-13-7-10(15(20)19-18)6-12(17)14(13)22-8-9-3-2-4-11(16)5-9/h2-7H,8,18H2,1H3,(H,19,20). The van der Waals surface area contributed by atoms with E-state index in [2.05, 4.69) is 15.9 Å². The summed E-state index contributed by atoms with van der Waals surface area (Å²) in [7, 11) is 1.47. The second kappa shape index (κ2) is 7.49. The van der Waals surface area contributed by atoms with Gasteiger partial charge in [-0.3, -0.25) is 10.2 Å². The van der Waals surface area contributed by atoms with Crippen LogP contribution < -0.4 is 20.7 Å². The summed E-state index contributed by atoms with van der Waals surface area (Å²) in [6.07, 6.45) is 0. The van der Waals surface area contributed by atoms with E-state index in [9.17, 15) is 4.79 Å². The summed E-state index contributed by atoms with van der Waals surface area (Å²) in [5.74, 6) is 5.39. The lowest BCUT2D eigenvalue weighted by Gasteiger charge is -2.14. The van der Waals surface area contributed by atoms with Crippen LogP contribution in [0.4, 0.5) is 0 Å². The Kier molecular flexibility index (Phi) is 5.65. The predicted octanol–water partition coefficient (Wildman–Crippen LogP) is 3.29. The zero-order valence-corrected chi connectivity index (χ0v) is 14.1. The number of rotatable bonds is 5. The fourth-order valence-corrected chi connectivity index (χ4v) is 2.57. The fourth-order valence-electron chi connectivity index (χ4n) is 1.86. The number of carbonyl (C=O) groups excluding carboxylic acids is 1. The number of benzene rings is 2. The van der Waals surface area contributed by atoms with Crippen molar-refractivity contribution in [3.63, 3.8) is 0 Å². The van der Waals surface area contributed by atoms with Crippen molar-refractivity contribution in [2.75, 3.05) is 7.11 Å². The van der Waals surface area contributed by atoms with Gasteiger partial charge in [0.1, 0.15) is 6.61 Å². The molecule has 1 amide bonds. The number of hydrogen-bond acceptors (Lipinski definition) is 4. The zero-order chi connectivity index (χ0) is 16.1. The minimum Gasteiger partial charge on any atom is -0.493 e. The van der Waals surface area contributed by atoms with Crippen molar-refractivity contribution < 1.29 is 14.3 Å². The van der Waals surface area contributed by atoms with E-state index in [4.69, 9.17) is 26.9 Å². The molecule has 0 spiro atoms. The summed E-state index contributed by atoms with van der Waals surface area (Å²) in [6.45, 7) is 0.317. The highest BCUT2D eigenvalue weighted by atomic mass is 79.9. The normalized spacial score (nSPS) is 10.2. The van der Waals surface area contributed by atoms with Gasteiger partial charge in [-0.05, 0) is 29.8 Å². The number of carbonyl (C=O) groups is 1. The molecule has 0 unspecified atom stereocenters. The summed E-state index contributed by atoms with van der Waals surface area (Å²) in [4.78, 5) is 11.6. The Morgan fingerprint density at radius 2 is 2.14 bits per heavy atom. The lowest BCUT2D eigenvalue weighted by atomic mass is 10.2. The third-order valence-corrected chi connectivity index (χ3v) is 3.67. The van der Waals surface area contributed by atoms with Gasteiger partial charge in [-0.15, -0.1) is 0 Å². The second-order valence-corrected chi connectivity index (χ2v) is 5.70. The number of methoxy groups -OCH3 is 1. The smallest absolute Gasteiger partial charge is 0.265 e. The van der Waals surface area contributed by atoms with Crippen LogP contribution in [0.15, 0.2) is 40.9 Å². The number of hydrazine groups is 1. The highest BCUT2D eigenvalue weighted by Crippen LogP contribution is 2.37. The third kappa shape index (κ3) is 3.91. The van der Waals surface area contributed by atoms with Crippen molar-refractivity contribution in [2.24, 2.45) is 5.84 Å². The van der Waals surface area contributed by atoms with Gasteiger partial charge in [-0.25, -0.2) is 5.84 Å². The fraction of sp³-hybridized carbons (Fsp3) is 0.133. The van der Waals surface area contributed by atoms with Gasteiger partial charge in [0, 0.05) is 10.0 Å². The number of hydrogen-bond donors (Lipinski definition) is 2. The molecule has 116 valence electrons. The number of ether oxygens (including phenoxy) is 2. The van der Waals surface area contributed by atoms with Crippen LogP contribution in [0.1, 0.15) is 15.9 Å². The van der Waals surface area contributed by atoms with Crippen molar-refractivity contribution in [1.29, 1.82) is 0 Å². The summed E-state index contributed by atoms with van der Waals surface area (Å²) < 4.78 is 11.9. The maximum atomic E-state index is 11.6. The average Bonchev–Trinajstić information content (AvgIpc) is 2.52. The Hall–Kier alpha value is -1.76. The molecule has 0 fully saturated rings. The summed E-state index contributed by atoms with van der Waals surface area (Å²) in [5, 5.41) is 0.271. The van der Waals surface area contributed by atoms with Gasteiger partial charge < -0.3 is 9.47 Å².